The molecule has 4 aromatic rings. The number of hydrogen-bond acceptors (Lipinski definition) is 9. The molecule has 2 aromatic heterocycles. The Morgan fingerprint density at radius 3 is 2.64 bits per heavy atom. The number of non-ortho nitro benzene ring substituents is 1. The normalized spacial score (nSPS) is 10.9. The molecule has 0 saturated carbocycles. The van der Waals surface area contributed by atoms with E-state index in [1.165, 1.54) is 23.9 Å². The van der Waals surface area contributed by atoms with Crippen molar-refractivity contribution >= 4 is 17.4 Å². The van der Waals surface area contributed by atoms with Gasteiger partial charge in [-0.25, -0.2) is 0 Å². The zero-order valence-electron chi connectivity index (χ0n) is 14.6. The van der Waals surface area contributed by atoms with Gasteiger partial charge in [0.15, 0.2) is 0 Å². The summed E-state index contributed by atoms with van der Waals surface area (Å²) in [5, 5.41) is 27.3. The van der Waals surface area contributed by atoms with E-state index < -0.39 is 4.92 Å². The molecule has 0 amide bonds. The van der Waals surface area contributed by atoms with E-state index in [2.05, 4.69) is 20.4 Å². The van der Waals surface area contributed by atoms with E-state index in [0.29, 0.717) is 28.3 Å². The molecule has 28 heavy (non-hydrogen) atoms. The lowest BCUT2D eigenvalue weighted by Crippen LogP contribution is -1.88. The van der Waals surface area contributed by atoms with Crippen molar-refractivity contribution in [1.82, 2.24) is 20.4 Å². The summed E-state index contributed by atoms with van der Waals surface area (Å²) in [4.78, 5) is 10.4. The van der Waals surface area contributed by atoms with Gasteiger partial charge in [-0.1, -0.05) is 36.0 Å². The van der Waals surface area contributed by atoms with Crippen LogP contribution in [0.4, 0.5) is 5.69 Å². The molecule has 10 heteroatoms. The van der Waals surface area contributed by atoms with Crippen molar-refractivity contribution in [3.05, 3.63) is 70.1 Å². The minimum absolute atomic E-state index is 0.0405. The van der Waals surface area contributed by atoms with Crippen molar-refractivity contribution in [3.8, 4) is 22.9 Å². The molecule has 0 unspecified atom stereocenters. The Hall–Kier alpha value is -3.53. The van der Waals surface area contributed by atoms with Crippen molar-refractivity contribution in [1.29, 1.82) is 0 Å². The first kappa shape index (κ1) is 17.9. The minimum Gasteiger partial charge on any atom is -0.420 e. The first-order valence-corrected chi connectivity index (χ1v) is 9.18. The molecule has 0 aliphatic rings. The van der Waals surface area contributed by atoms with Gasteiger partial charge < -0.3 is 8.83 Å². The summed E-state index contributed by atoms with van der Waals surface area (Å²) in [6.07, 6.45) is 0. The fourth-order valence-electron chi connectivity index (χ4n) is 2.49. The van der Waals surface area contributed by atoms with Gasteiger partial charge in [-0.2, -0.15) is 0 Å². The Morgan fingerprint density at radius 2 is 1.82 bits per heavy atom. The van der Waals surface area contributed by atoms with Gasteiger partial charge in [0.05, 0.1) is 10.7 Å². The van der Waals surface area contributed by atoms with Crippen LogP contribution in [0.2, 0.25) is 0 Å². The van der Waals surface area contributed by atoms with Crippen molar-refractivity contribution < 1.29 is 13.8 Å². The molecule has 0 aliphatic heterocycles. The maximum Gasteiger partial charge on any atom is 0.277 e. The van der Waals surface area contributed by atoms with Gasteiger partial charge in [0.25, 0.3) is 10.9 Å². The summed E-state index contributed by atoms with van der Waals surface area (Å²) in [5.41, 5.74) is 2.37. The number of rotatable bonds is 6. The summed E-state index contributed by atoms with van der Waals surface area (Å²) < 4.78 is 11.3. The fourth-order valence-corrected chi connectivity index (χ4v) is 3.09. The number of hydrogen-bond donors (Lipinski definition) is 0. The van der Waals surface area contributed by atoms with E-state index in [1.807, 2.05) is 31.2 Å². The maximum atomic E-state index is 10.9. The maximum absolute atomic E-state index is 10.9. The van der Waals surface area contributed by atoms with E-state index in [9.17, 15) is 10.1 Å². The van der Waals surface area contributed by atoms with E-state index in [1.54, 1.807) is 12.1 Å². The second kappa shape index (κ2) is 7.61. The molecule has 4 rings (SSSR count). The van der Waals surface area contributed by atoms with Gasteiger partial charge in [-0.05, 0) is 24.6 Å². The molecule has 0 radical (unpaired) electrons. The van der Waals surface area contributed by atoms with Gasteiger partial charge >= 0.3 is 0 Å². The second-order valence-electron chi connectivity index (χ2n) is 5.79. The summed E-state index contributed by atoms with van der Waals surface area (Å²) in [7, 11) is 0. The minimum atomic E-state index is -0.474. The van der Waals surface area contributed by atoms with E-state index in [0.717, 1.165) is 11.1 Å². The highest BCUT2D eigenvalue weighted by molar-refractivity contribution is 7.98. The van der Waals surface area contributed by atoms with E-state index >= 15 is 0 Å². The van der Waals surface area contributed by atoms with Crippen LogP contribution in [0.15, 0.2) is 62.6 Å². The number of thioether (sulfide) groups is 1. The standard InChI is InChI=1S/C18H13N5O4S/c1-11-5-2-3-8-14(11)17-21-22-18(27-17)28-10-15-19-20-16(26-15)12-6-4-7-13(9-12)23(24)25/h2-9H,10H2,1H3. The summed E-state index contributed by atoms with van der Waals surface area (Å²) in [6.45, 7) is 1.97. The third kappa shape index (κ3) is 3.76. The Balaban J connectivity index is 1.45. The first-order chi connectivity index (χ1) is 13.6. The van der Waals surface area contributed by atoms with E-state index in [-0.39, 0.29) is 11.6 Å². The monoisotopic (exact) mass is 395 g/mol. The molecule has 0 saturated heterocycles. The number of nitro groups is 1. The predicted octanol–water partition coefficient (Wildman–Crippen LogP) is 4.30. The molecule has 0 N–H and O–H groups in total. The average molecular weight is 395 g/mol. The van der Waals surface area contributed by atoms with Gasteiger partial charge in [-0.3, -0.25) is 10.1 Å². The lowest BCUT2D eigenvalue weighted by Gasteiger charge is -1.98. The van der Waals surface area contributed by atoms with E-state index in [4.69, 9.17) is 8.83 Å². The molecule has 0 fully saturated rings. The SMILES string of the molecule is Cc1ccccc1-c1nnc(SCc2nnc(-c3cccc([N+](=O)[O-])c3)o2)o1. The quantitative estimate of drug-likeness (QED) is 0.267. The number of nitro benzene ring substituents is 1. The summed E-state index contributed by atoms with van der Waals surface area (Å²) in [6, 6.07) is 13.8. The fraction of sp³-hybridized carbons (Fsp3) is 0.111. The molecule has 0 bridgehead atoms. The predicted molar refractivity (Wildman–Crippen MR) is 100 cm³/mol. The zero-order valence-corrected chi connectivity index (χ0v) is 15.4. The molecular formula is C18H13N5O4S. The van der Waals surface area contributed by atoms with Crippen LogP contribution in [-0.2, 0) is 5.75 Å². The highest BCUT2D eigenvalue weighted by atomic mass is 32.2. The van der Waals surface area contributed by atoms with Crippen LogP contribution >= 0.6 is 11.8 Å². The van der Waals surface area contributed by atoms with Crippen molar-refractivity contribution in [2.45, 2.75) is 17.9 Å². The van der Waals surface area contributed by atoms with Crippen molar-refractivity contribution in [2.24, 2.45) is 0 Å². The first-order valence-electron chi connectivity index (χ1n) is 8.19. The van der Waals surface area contributed by atoms with Crippen LogP contribution in [0, 0.1) is 17.0 Å². The third-order valence-corrected chi connectivity index (χ3v) is 4.68. The van der Waals surface area contributed by atoms with Crippen molar-refractivity contribution in [2.75, 3.05) is 0 Å². The highest BCUT2D eigenvalue weighted by Crippen LogP contribution is 2.28. The molecule has 0 atom stereocenters. The Kier molecular flexibility index (Phi) is 4.85. The summed E-state index contributed by atoms with van der Waals surface area (Å²) in [5.74, 6) is 1.34. The molecule has 0 spiro atoms. The Bertz CT molecular complexity index is 1140. The lowest BCUT2D eigenvalue weighted by atomic mass is 10.1. The number of aryl methyl sites for hydroxylation is 1. The molecular weight excluding hydrogens is 382 g/mol. The second-order valence-corrected chi connectivity index (χ2v) is 6.71. The Labute approximate surface area is 163 Å². The largest absolute Gasteiger partial charge is 0.420 e. The number of aromatic nitrogens is 4. The molecule has 2 aromatic carbocycles. The molecule has 2 heterocycles. The topological polar surface area (TPSA) is 121 Å². The zero-order chi connectivity index (χ0) is 19.5. The van der Waals surface area contributed by atoms with Crippen LogP contribution in [0.3, 0.4) is 0 Å². The van der Waals surface area contributed by atoms with Gasteiger partial charge in [0.1, 0.15) is 0 Å². The van der Waals surface area contributed by atoms with Crippen LogP contribution in [0.25, 0.3) is 22.9 Å². The smallest absolute Gasteiger partial charge is 0.277 e. The van der Waals surface area contributed by atoms with Crippen LogP contribution in [0.1, 0.15) is 11.5 Å². The average Bonchev–Trinajstić information content (AvgIpc) is 3.36. The van der Waals surface area contributed by atoms with Crippen LogP contribution in [-0.4, -0.2) is 25.3 Å². The highest BCUT2D eigenvalue weighted by Gasteiger charge is 2.15. The van der Waals surface area contributed by atoms with Gasteiger partial charge in [0.2, 0.25) is 17.7 Å². The summed E-state index contributed by atoms with van der Waals surface area (Å²) >= 11 is 1.27. The molecule has 0 aliphatic carbocycles. The third-order valence-electron chi connectivity index (χ3n) is 3.87. The number of nitrogens with zero attached hydrogens (tertiary/aromatic N) is 5. The number of benzene rings is 2. The van der Waals surface area contributed by atoms with Crippen LogP contribution < -0.4 is 0 Å². The van der Waals surface area contributed by atoms with Crippen molar-refractivity contribution in [3.63, 3.8) is 0 Å². The van der Waals surface area contributed by atoms with Crippen LogP contribution in [0.5, 0.6) is 0 Å². The molecule has 140 valence electrons. The van der Waals surface area contributed by atoms with Gasteiger partial charge in [-0.15, -0.1) is 20.4 Å². The lowest BCUT2D eigenvalue weighted by molar-refractivity contribution is -0.384. The molecule has 9 nitrogen and oxygen atoms in total. The van der Waals surface area contributed by atoms with Gasteiger partial charge in [0, 0.05) is 23.3 Å². The Morgan fingerprint density at radius 1 is 1.00 bits per heavy atom.